The van der Waals surface area contributed by atoms with Gasteiger partial charge >= 0.3 is 0 Å². The molecule has 1 aliphatic rings. The molecule has 0 bridgehead atoms. The highest BCUT2D eigenvalue weighted by molar-refractivity contribution is 6.21. The fourth-order valence-corrected chi connectivity index (χ4v) is 3.94. The first kappa shape index (κ1) is 22.9. The molecule has 1 heterocycles. The number of nitrogens with one attached hydrogen (secondary N) is 1. The Labute approximate surface area is 198 Å². The molecule has 0 aromatic heterocycles. The van der Waals surface area contributed by atoms with Gasteiger partial charge in [-0.1, -0.05) is 36.4 Å². The van der Waals surface area contributed by atoms with Gasteiger partial charge in [-0.25, -0.2) is 0 Å². The summed E-state index contributed by atoms with van der Waals surface area (Å²) >= 11 is 0. The van der Waals surface area contributed by atoms with Crippen LogP contribution in [0.4, 0.5) is 5.69 Å². The molecule has 0 unspecified atom stereocenters. The lowest BCUT2D eigenvalue weighted by molar-refractivity contribution is -0.129. The Morgan fingerprint density at radius 2 is 1.50 bits per heavy atom. The van der Waals surface area contributed by atoms with Crippen molar-refractivity contribution in [1.29, 1.82) is 0 Å². The number of rotatable bonds is 7. The van der Waals surface area contributed by atoms with Gasteiger partial charge in [-0.2, -0.15) is 0 Å². The summed E-state index contributed by atoms with van der Waals surface area (Å²) in [7, 11) is 0. The second-order valence-corrected chi connectivity index (χ2v) is 8.13. The van der Waals surface area contributed by atoms with Crippen LogP contribution in [0.3, 0.4) is 0 Å². The van der Waals surface area contributed by atoms with Crippen LogP contribution in [-0.4, -0.2) is 40.0 Å². The van der Waals surface area contributed by atoms with Crippen LogP contribution in [0.2, 0.25) is 0 Å². The third-order valence-electron chi connectivity index (χ3n) is 5.82. The van der Waals surface area contributed by atoms with E-state index in [1.165, 1.54) is 11.8 Å². The Morgan fingerprint density at radius 1 is 0.853 bits per heavy atom. The summed E-state index contributed by atoms with van der Waals surface area (Å²) < 4.78 is 0. The molecule has 0 aliphatic carbocycles. The van der Waals surface area contributed by atoms with Crippen molar-refractivity contribution in [2.24, 2.45) is 0 Å². The van der Waals surface area contributed by atoms with Gasteiger partial charge in [-0.05, 0) is 54.4 Å². The van der Waals surface area contributed by atoms with E-state index in [-0.39, 0.29) is 30.2 Å². The average Bonchev–Trinajstić information content (AvgIpc) is 3.08. The molecule has 0 saturated heterocycles. The van der Waals surface area contributed by atoms with Crippen molar-refractivity contribution >= 4 is 29.3 Å². The number of fused-ring (bicyclic) bond motifs is 1. The molecule has 0 saturated carbocycles. The lowest BCUT2D eigenvalue weighted by atomic mass is 10.1. The third kappa shape index (κ3) is 4.73. The molecule has 4 amide bonds. The summed E-state index contributed by atoms with van der Waals surface area (Å²) in [6.07, 6.45) is 0. The average molecular weight is 456 g/mol. The van der Waals surface area contributed by atoms with Crippen LogP contribution in [0.1, 0.15) is 56.0 Å². The molecule has 4 rings (SSSR count). The molecule has 0 atom stereocenters. The van der Waals surface area contributed by atoms with Gasteiger partial charge in [0.1, 0.15) is 0 Å². The Balaban J connectivity index is 1.40. The maximum Gasteiger partial charge on any atom is 0.261 e. The zero-order valence-electron chi connectivity index (χ0n) is 19.1. The summed E-state index contributed by atoms with van der Waals surface area (Å²) in [4.78, 5) is 52.4. The second kappa shape index (κ2) is 9.70. The predicted octanol–water partition coefficient (Wildman–Crippen LogP) is 4.10. The van der Waals surface area contributed by atoms with E-state index in [2.05, 4.69) is 5.32 Å². The van der Waals surface area contributed by atoms with Crippen LogP contribution in [0, 0.1) is 0 Å². The van der Waals surface area contributed by atoms with Crippen molar-refractivity contribution in [3.63, 3.8) is 0 Å². The monoisotopic (exact) mass is 455 g/mol. The number of carbonyl (C=O) groups excluding carboxylic acids is 4. The second-order valence-electron chi connectivity index (χ2n) is 8.13. The van der Waals surface area contributed by atoms with Gasteiger partial charge in [0.25, 0.3) is 17.7 Å². The van der Waals surface area contributed by atoms with Gasteiger partial charge < -0.3 is 10.2 Å². The lowest BCUT2D eigenvalue weighted by Crippen LogP contribution is -2.29. The molecule has 172 valence electrons. The normalized spacial score (nSPS) is 12.5. The Bertz CT molecular complexity index is 1230. The van der Waals surface area contributed by atoms with Crippen LogP contribution in [0.5, 0.6) is 0 Å². The van der Waals surface area contributed by atoms with E-state index in [0.717, 1.165) is 11.1 Å². The number of amides is 4. The molecule has 3 aromatic rings. The Kier molecular flexibility index (Phi) is 6.54. The molecule has 1 aliphatic heterocycles. The minimum Gasteiger partial charge on any atom is -0.339 e. The first-order chi connectivity index (χ1) is 16.4. The van der Waals surface area contributed by atoms with Crippen molar-refractivity contribution in [3.05, 3.63) is 101 Å². The number of imide groups is 1. The fourth-order valence-electron chi connectivity index (χ4n) is 3.94. The Hall–Kier alpha value is -4.26. The van der Waals surface area contributed by atoms with Crippen molar-refractivity contribution < 1.29 is 19.2 Å². The van der Waals surface area contributed by atoms with Crippen LogP contribution in [-0.2, 0) is 17.9 Å². The number of anilines is 1. The van der Waals surface area contributed by atoms with Crippen molar-refractivity contribution in [2.45, 2.75) is 26.9 Å². The van der Waals surface area contributed by atoms with Crippen LogP contribution in [0.25, 0.3) is 0 Å². The molecule has 0 fully saturated rings. The van der Waals surface area contributed by atoms with Crippen molar-refractivity contribution in [3.8, 4) is 0 Å². The molecule has 0 spiro atoms. The molecule has 3 aromatic carbocycles. The van der Waals surface area contributed by atoms with Gasteiger partial charge in [0.15, 0.2) is 0 Å². The van der Waals surface area contributed by atoms with Crippen LogP contribution < -0.4 is 5.32 Å². The third-order valence-corrected chi connectivity index (χ3v) is 5.82. The zero-order chi connectivity index (χ0) is 24.2. The summed E-state index contributed by atoms with van der Waals surface area (Å²) in [5, 5.41) is 2.88. The lowest BCUT2D eigenvalue weighted by Gasteiger charge is -2.19. The quantitative estimate of drug-likeness (QED) is 0.544. The van der Waals surface area contributed by atoms with Gasteiger partial charge in [0.05, 0.1) is 17.7 Å². The maximum atomic E-state index is 12.7. The zero-order valence-corrected chi connectivity index (χ0v) is 19.1. The van der Waals surface area contributed by atoms with Gasteiger partial charge in [0, 0.05) is 31.3 Å². The van der Waals surface area contributed by atoms with E-state index in [0.29, 0.717) is 35.5 Å². The topological polar surface area (TPSA) is 86.8 Å². The minimum absolute atomic E-state index is 0.00163. The highest BCUT2D eigenvalue weighted by Crippen LogP contribution is 2.24. The number of carbonyl (C=O) groups is 4. The minimum atomic E-state index is -0.311. The summed E-state index contributed by atoms with van der Waals surface area (Å²) in [5.41, 5.74) is 3.59. The van der Waals surface area contributed by atoms with E-state index in [9.17, 15) is 19.2 Å². The molecular formula is C27H25N3O4. The smallest absolute Gasteiger partial charge is 0.261 e. The van der Waals surface area contributed by atoms with Gasteiger partial charge in [-0.3, -0.25) is 24.1 Å². The number of hydrogen-bond acceptors (Lipinski definition) is 4. The van der Waals surface area contributed by atoms with Gasteiger partial charge in [0.2, 0.25) is 5.91 Å². The highest BCUT2D eigenvalue weighted by Gasteiger charge is 2.34. The SMILES string of the molecule is CCN(Cc1cccc(NC(=O)c2ccc(CN3C(=O)c4ccccc4C3=O)cc2)c1)C(C)=O. The molecular weight excluding hydrogens is 430 g/mol. The van der Waals surface area contributed by atoms with Crippen LogP contribution >= 0.6 is 0 Å². The largest absolute Gasteiger partial charge is 0.339 e. The van der Waals surface area contributed by atoms with E-state index in [1.807, 2.05) is 25.1 Å². The molecule has 34 heavy (non-hydrogen) atoms. The van der Waals surface area contributed by atoms with E-state index in [4.69, 9.17) is 0 Å². The van der Waals surface area contributed by atoms with Gasteiger partial charge in [-0.15, -0.1) is 0 Å². The molecule has 7 heteroatoms. The van der Waals surface area contributed by atoms with Crippen molar-refractivity contribution in [1.82, 2.24) is 9.80 Å². The highest BCUT2D eigenvalue weighted by atomic mass is 16.2. The van der Waals surface area contributed by atoms with Crippen LogP contribution in [0.15, 0.2) is 72.8 Å². The summed E-state index contributed by atoms with van der Waals surface area (Å²) in [6, 6.07) is 21.0. The summed E-state index contributed by atoms with van der Waals surface area (Å²) in [5.74, 6) is -0.899. The van der Waals surface area contributed by atoms with E-state index >= 15 is 0 Å². The first-order valence-corrected chi connectivity index (χ1v) is 11.1. The maximum absolute atomic E-state index is 12.7. The standard InChI is InChI=1S/C27H25N3O4/c1-3-29(18(2)31)16-20-7-6-8-22(15-20)28-25(32)21-13-11-19(12-14-21)17-30-26(33)23-9-4-5-10-24(23)27(30)34/h4-15H,3,16-17H2,1-2H3,(H,28,32). The molecule has 0 radical (unpaired) electrons. The first-order valence-electron chi connectivity index (χ1n) is 11.1. The number of benzene rings is 3. The van der Waals surface area contributed by atoms with E-state index in [1.54, 1.807) is 59.5 Å². The fraction of sp³-hybridized carbons (Fsp3) is 0.185. The molecule has 1 N–H and O–H groups in total. The Morgan fingerprint density at radius 3 is 2.09 bits per heavy atom. The number of nitrogens with zero attached hydrogens (tertiary/aromatic N) is 2. The summed E-state index contributed by atoms with van der Waals surface area (Å²) in [6.45, 7) is 4.68. The van der Waals surface area contributed by atoms with E-state index < -0.39 is 0 Å². The predicted molar refractivity (Wildman–Crippen MR) is 128 cm³/mol. The number of hydrogen-bond donors (Lipinski definition) is 1. The van der Waals surface area contributed by atoms with Crippen molar-refractivity contribution in [2.75, 3.05) is 11.9 Å². The molecule has 7 nitrogen and oxygen atoms in total.